The SMILES string of the molecule is COc1ccc(Cl)cc1-c1nn(CC(=O)N(C)C(C)(C)C#N)cc1NC(=O)c1cnn2cccnc12. The lowest BCUT2D eigenvalue weighted by atomic mass is 10.1. The van der Waals surface area contributed by atoms with Crippen molar-refractivity contribution in [1.82, 2.24) is 29.3 Å². The number of hydrogen-bond donors (Lipinski definition) is 1. The van der Waals surface area contributed by atoms with E-state index in [-0.39, 0.29) is 18.0 Å². The summed E-state index contributed by atoms with van der Waals surface area (Å²) >= 11 is 6.24. The van der Waals surface area contributed by atoms with E-state index >= 15 is 0 Å². The smallest absolute Gasteiger partial charge is 0.261 e. The van der Waals surface area contributed by atoms with Gasteiger partial charge in [0.25, 0.3) is 5.91 Å². The number of carbonyl (C=O) groups excluding carboxylic acids is 2. The van der Waals surface area contributed by atoms with Crippen molar-refractivity contribution in [3.8, 4) is 23.1 Å². The molecule has 1 N–H and O–H groups in total. The zero-order chi connectivity index (χ0) is 26.0. The Balaban J connectivity index is 1.74. The van der Waals surface area contributed by atoms with E-state index < -0.39 is 11.4 Å². The lowest BCUT2D eigenvalue weighted by Crippen LogP contribution is -2.45. The molecule has 3 heterocycles. The summed E-state index contributed by atoms with van der Waals surface area (Å²) in [5.41, 5.74) is 0.846. The standard InChI is InChI=1S/C24H23ClN8O3/c1-24(2,14-26)31(3)20(34)13-32-12-18(21(30-32)16-10-15(25)6-7-19(16)36-4)29-23(35)17-11-28-33-9-5-8-27-22(17)33/h5-12H,13H2,1-4H3,(H,29,35). The summed E-state index contributed by atoms with van der Waals surface area (Å²) in [5, 5.41) is 21.4. The number of nitriles is 1. The predicted octanol–water partition coefficient (Wildman–Crippen LogP) is 3.27. The molecule has 3 aromatic heterocycles. The van der Waals surface area contributed by atoms with Crippen LogP contribution < -0.4 is 10.1 Å². The molecule has 0 aliphatic rings. The molecule has 0 atom stereocenters. The van der Waals surface area contributed by atoms with Crippen LogP contribution in [-0.2, 0) is 11.3 Å². The first-order chi connectivity index (χ1) is 17.1. The van der Waals surface area contributed by atoms with E-state index in [4.69, 9.17) is 16.3 Å². The zero-order valence-electron chi connectivity index (χ0n) is 20.1. The summed E-state index contributed by atoms with van der Waals surface area (Å²) in [6.07, 6.45) is 6.21. The van der Waals surface area contributed by atoms with E-state index in [2.05, 4.69) is 26.6 Å². The van der Waals surface area contributed by atoms with Crippen LogP contribution in [0.4, 0.5) is 5.69 Å². The van der Waals surface area contributed by atoms with Gasteiger partial charge in [-0.2, -0.15) is 15.5 Å². The Bertz CT molecular complexity index is 1500. The van der Waals surface area contributed by atoms with Gasteiger partial charge in [0.15, 0.2) is 5.65 Å². The molecule has 0 fully saturated rings. The first-order valence-corrected chi connectivity index (χ1v) is 11.2. The van der Waals surface area contributed by atoms with Crippen LogP contribution >= 0.6 is 11.6 Å². The molecule has 0 unspecified atom stereocenters. The van der Waals surface area contributed by atoms with Crippen LogP contribution in [0.1, 0.15) is 24.2 Å². The van der Waals surface area contributed by atoms with Gasteiger partial charge in [-0.05, 0) is 38.1 Å². The highest BCUT2D eigenvalue weighted by molar-refractivity contribution is 6.31. The second-order valence-corrected chi connectivity index (χ2v) is 8.89. The van der Waals surface area contributed by atoms with Gasteiger partial charge in [-0.1, -0.05) is 11.6 Å². The fraction of sp³-hybridized carbons (Fsp3) is 0.250. The number of aromatic nitrogens is 5. The van der Waals surface area contributed by atoms with Gasteiger partial charge < -0.3 is 15.0 Å². The highest BCUT2D eigenvalue weighted by atomic mass is 35.5. The third kappa shape index (κ3) is 4.71. The third-order valence-electron chi connectivity index (χ3n) is 5.73. The summed E-state index contributed by atoms with van der Waals surface area (Å²) in [7, 11) is 3.06. The first kappa shape index (κ1) is 24.7. The van der Waals surface area contributed by atoms with Crippen LogP contribution in [-0.4, -0.2) is 60.8 Å². The van der Waals surface area contributed by atoms with E-state index in [0.717, 1.165) is 0 Å². The van der Waals surface area contributed by atoms with Crippen LogP contribution in [0, 0.1) is 11.3 Å². The van der Waals surface area contributed by atoms with Gasteiger partial charge in [0, 0.05) is 36.2 Å². The number of rotatable bonds is 7. The van der Waals surface area contributed by atoms with Gasteiger partial charge in [0.05, 0.1) is 25.1 Å². The lowest BCUT2D eigenvalue weighted by Gasteiger charge is -2.29. The fourth-order valence-corrected chi connectivity index (χ4v) is 3.64. The molecule has 0 saturated carbocycles. The molecule has 0 bridgehead atoms. The van der Waals surface area contributed by atoms with Gasteiger partial charge in [0.1, 0.15) is 29.1 Å². The van der Waals surface area contributed by atoms with Crippen molar-refractivity contribution >= 4 is 34.7 Å². The minimum atomic E-state index is -1.00. The molecule has 0 aliphatic carbocycles. The highest BCUT2D eigenvalue weighted by Gasteiger charge is 2.28. The topological polar surface area (TPSA) is 130 Å². The Morgan fingerprint density at radius 1 is 1.33 bits per heavy atom. The average Bonchev–Trinajstić information content (AvgIpc) is 3.47. The van der Waals surface area contributed by atoms with Crippen LogP contribution in [0.15, 0.2) is 49.1 Å². The number of ether oxygens (including phenoxy) is 1. The second-order valence-electron chi connectivity index (χ2n) is 8.46. The molecule has 12 heteroatoms. The third-order valence-corrected chi connectivity index (χ3v) is 5.97. The van der Waals surface area contributed by atoms with E-state index in [1.54, 1.807) is 57.6 Å². The Kier molecular flexibility index (Phi) is 6.63. The number of nitrogens with zero attached hydrogens (tertiary/aromatic N) is 7. The van der Waals surface area contributed by atoms with Gasteiger partial charge in [-0.15, -0.1) is 0 Å². The number of methoxy groups -OCH3 is 1. The number of anilines is 1. The number of halogens is 1. The maximum atomic E-state index is 13.2. The van der Waals surface area contributed by atoms with E-state index in [1.165, 1.54) is 33.6 Å². The van der Waals surface area contributed by atoms with Crippen molar-refractivity contribution in [2.24, 2.45) is 0 Å². The minimum Gasteiger partial charge on any atom is -0.496 e. The van der Waals surface area contributed by atoms with Gasteiger partial charge in [-0.3, -0.25) is 14.3 Å². The zero-order valence-corrected chi connectivity index (χ0v) is 20.8. The number of likely N-dealkylation sites (N-methyl/N-ethyl adjacent to an activating group) is 1. The van der Waals surface area contributed by atoms with Gasteiger partial charge in [-0.25, -0.2) is 9.50 Å². The fourth-order valence-electron chi connectivity index (χ4n) is 3.47. The Hall–Kier alpha value is -4.43. The molecule has 184 valence electrons. The van der Waals surface area contributed by atoms with Crippen LogP contribution in [0.5, 0.6) is 5.75 Å². The van der Waals surface area contributed by atoms with Crippen molar-refractivity contribution in [2.45, 2.75) is 25.9 Å². The predicted molar refractivity (Wildman–Crippen MR) is 133 cm³/mol. The molecule has 11 nitrogen and oxygen atoms in total. The van der Waals surface area contributed by atoms with Crippen LogP contribution in [0.2, 0.25) is 5.02 Å². The number of fused-ring (bicyclic) bond motifs is 1. The quantitative estimate of drug-likeness (QED) is 0.407. The summed E-state index contributed by atoms with van der Waals surface area (Å²) < 4.78 is 8.36. The summed E-state index contributed by atoms with van der Waals surface area (Å²) in [5.74, 6) is -0.315. The van der Waals surface area contributed by atoms with Crippen molar-refractivity contribution in [3.63, 3.8) is 0 Å². The van der Waals surface area contributed by atoms with Crippen molar-refractivity contribution < 1.29 is 14.3 Å². The molecular weight excluding hydrogens is 484 g/mol. The maximum Gasteiger partial charge on any atom is 0.261 e. The number of nitrogens with one attached hydrogen (secondary N) is 1. The first-order valence-electron chi connectivity index (χ1n) is 10.8. The molecule has 0 spiro atoms. The average molecular weight is 507 g/mol. The molecule has 1 aromatic carbocycles. The maximum absolute atomic E-state index is 13.2. The van der Waals surface area contributed by atoms with Gasteiger partial charge >= 0.3 is 0 Å². The Labute approximate surface area is 211 Å². The molecule has 0 aliphatic heterocycles. The molecule has 2 amide bonds. The Morgan fingerprint density at radius 2 is 2.11 bits per heavy atom. The summed E-state index contributed by atoms with van der Waals surface area (Å²) in [6, 6.07) is 8.82. The molecular formula is C24H23ClN8O3. The molecule has 0 radical (unpaired) electrons. The summed E-state index contributed by atoms with van der Waals surface area (Å²) in [6.45, 7) is 3.13. The molecule has 0 saturated heterocycles. The minimum absolute atomic E-state index is 0.161. The van der Waals surface area contributed by atoms with Crippen molar-refractivity contribution in [1.29, 1.82) is 5.26 Å². The lowest BCUT2D eigenvalue weighted by molar-refractivity contribution is -0.133. The number of benzene rings is 1. The largest absolute Gasteiger partial charge is 0.496 e. The van der Waals surface area contributed by atoms with E-state index in [0.29, 0.717) is 33.4 Å². The van der Waals surface area contributed by atoms with Crippen molar-refractivity contribution in [3.05, 3.63) is 59.6 Å². The highest BCUT2D eigenvalue weighted by Crippen LogP contribution is 2.36. The summed E-state index contributed by atoms with van der Waals surface area (Å²) in [4.78, 5) is 31.6. The van der Waals surface area contributed by atoms with Crippen LogP contribution in [0.25, 0.3) is 16.9 Å². The normalized spacial score (nSPS) is 11.2. The number of amides is 2. The van der Waals surface area contributed by atoms with Crippen LogP contribution in [0.3, 0.4) is 0 Å². The number of carbonyl (C=O) groups is 2. The monoisotopic (exact) mass is 506 g/mol. The number of hydrogen-bond acceptors (Lipinski definition) is 7. The van der Waals surface area contributed by atoms with E-state index in [9.17, 15) is 14.9 Å². The molecule has 4 aromatic rings. The van der Waals surface area contributed by atoms with Gasteiger partial charge in [0.2, 0.25) is 5.91 Å². The van der Waals surface area contributed by atoms with Crippen molar-refractivity contribution in [2.75, 3.05) is 19.5 Å². The second kappa shape index (κ2) is 9.67. The molecule has 36 heavy (non-hydrogen) atoms. The molecule has 4 rings (SSSR count). The van der Waals surface area contributed by atoms with E-state index in [1.807, 2.05) is 0 Å². The Morgan fingerprint density at radius 3 is 2.83 bits per heavy atom.